The molecule has 1 fully saturated rings. The highest BCUT2D eigenvalue weighted by Crippen LogP contribution is 2.28. The zero-order valence-electron chi connectivity index (χ0n) is 11.9. The lowest BCUT2D eigenvalue weighted by molar-refractivity contribution is 0.0697. The summed E-state index contributed by atoms with van der Waals surface area (Å²) in [6, 6.07) is 5.44. The SMILES string of the molecule is CCCC1CCN(c2ccc(C(=O)O)cc2C)CC1. The van der Waals surface area contributed by atoms with Crippen LogP contribution < -0.4 is 4.90 Å². The van der Waals surface area contributed by atoms with E-state index in [0.717, 1.165) is 24.6 Å². The molecule has 1 aromatic carbocycles. The number of anilines is 1. The van der Waals surface area contributed by atoms with Crippen LogP contribution in [0.15, 0.2) is 18.2 Å². The van der Waals surface area contributed by atoms with Crippen LogP contribution in [0.5, 0.6) is 0 Å². The van der Waals surface area contributed by atoms with Gasteiger partial charge in [0.25, 0.3) is 0 Å². The third-order valence-electron chi connectivity index (χ3n) is 4.10. The topological polar surface area (TPSA) is 40.5 Å². The lowest BCUT2D eigenvalue weighted by atomic mass is 9.92. The summed E-state index contributed by atoms with van der Waals surface area (Å²) in [4.78, 5) is 13.3. The number of nitrogens with zero attached hydrogens (tertiary/aromatic N) is 1. The van der Waals surface area contributed by atoms with Gasteiger partial charge in [0.15, 0.2) is 0 Å². The first-order valence-corrected chi connectivity index (χ1v) is 7.20. The van der Waals surface area contributed by atoms with E-state index in [4.69, 9.17) is 5.11 Å². The summed E-state index contributed by atoms with van der Waals surface area (Å²) in [5, 5.41) is 8.99. The van der Waals surface area contributed by atoms with Crippen LogP contribution in [-0.4, -0.2) is 24.2 Å². The van der Waals surface area contributed by atoms with Gasteiger partial charge in [0.2, 0.25) is 0 Å². The summed E-state index contributed by atoms with van der Waals surface area (Å²) in [5.74, 6) is 0.0242. The summed E-state index contributed by atoms with van der Waals surface area (Å²) in [6.07, 6.45) is 5.13. The van der Waals surface area contributed by atoms with Gasteiger partial charge in [0.05, 0.1) is 5.56 Å². The molecule has 2 rings (SSSR count). The molecule has 104 valence electrons. The molecule has 1 aliphatic heterocycles. The highest BCUT2D eigenvalue weighted by Gasteiger charge is 2.20. The molecule has 1 saturated heterocycles. The molecule has 0 aromatic heterocycles. The maximum absolute atomic E-state index is 10.9. The van der Waals surface area contributed by atoms with Crippen molar-refractivity contribution in [2.24, 2.45) is 5.92 Å². The summed E-state index contributed by atoms with van der Waals surface area (Å²) in [7, 11) is 0. The quantitative estimate of drug-likeness (QED) is 0.898. The Kier molecular flexibility index (Phi) is 4.46. The first-order chi connectivity index (χ1) is 9.11. The maximum atomic E-state index is 10.9. The minimum absolute atomic E-state index is 0.377. The van der Waals surface area contributed by atoms with Crippen LogP contribution in [0.25, 0.3) is 0 Å². The van der Waals surface area contributed by atoms with Crippen molar-refractivity contribution in [3.05, 3.63) is 29.3 Å². The highest BCUT2D eigenvalue weighted by molar-refractivity contribution is 5.88. The second-order valence-corrected chi connectivity index (χ2v) is 5.53. The Morgan fingerprint density at radius 2 is 2.05 bits per heavy atom. The lowest BCUT2D eigenvalue weighted by Gasteiger charge is -2.34. The van der Waals surface area contributed by atoms with Gasteiger partial charge in [-0.05, 0) is 49.4 Å². The fourth-order valence-electron chi connectivity index (χ4n) is 3.01. The molecular formula is C16H23NO2. The second kappa shape index (κ2) is 6.09. The Labute approximate surface area is 115 Å². The summed E-state index contributed by atoms with van der Waals surface area (Å²) in [6.45, 7) is 6.44. The Hall–Kier alpha value is -1.51. The van der Waals surface area contributed by atoms with E-state index in [1.807, 2.05) is 13.0 Å². The molecule has 0 atom stereocenters. The van der Waals surface area contributed by atoms with Gasteiger partial charge in [-0.2, -0.15) is 0 Å². The van der Waals surface area contributed by atoms with Gasteiger partial charge < -0.3 is 10.0 Å². The molecule has 1 aliphatic rings. The maximum Gasteiger partial charge on any atom is 0.335 e. The lowest BCUT2D eigenvalue weighted by Crippen LogP contribution is -2.34. The highest BCUT2D eigenvalue weighted by atomic mass is 16.4. The Balaban J connectivity index is 2.05. The number of hydrogen-bond donors (Lipinski definition) is 1. The van der Waals surface area contributed by atoms with E-state index in [2.05, 4.69) is 11.8 Å². The zero-order valence-corrected chi connectivity index (χ0v) is 11.9. The van der Waals surface area contributed by atoms with Gasteiger partial charge in [0, 0.05) is 18.8 Å². The Morgan fingerprint density at radius 1 is 1.37 bits per heavy atom. The van der Waals surface area contributed by atoms with Gasteiger partial charge >= 0.3 is 5.97 Å². The van der Waals surface area contributed by atoms with Gasteiger partial charge in [0.1, 0.15) is 0 Å². The molecule has 19 heavy (non-hydrogen) atoms. The van der Waals surface area contributed by atoms with Crippen LogP contribution in [0.3, 0.4) is 0 Å². The third-order valence-corrected chi connectivity index (χ3v) is 4.10. The van der Waals surface area contributed by atoms with E-state index in [1.165, 1.54) is 31.4 Å². The molecule has 0 bridgehead atoms. The van der Waals surface area contributed by atoms with E-state index in [1.54, 1.807) is 12.1 Å². The molecule has 1 N–H and O–H groups in total. The average molecular weight is 261 g/mol. The molecule has 0 aliphatic carbocycles. The number of carbonyl (C=O) groups is 1. The first kappa shape index (κ1) is 13.9. The standard InChI is InChI=1S/C16H23NO2/c1-3-4-13-7-9-17(10-8-13)15-6-5-14(16(18)19)11-12(15)2/h5-6,11,13H,3-4,7-10H2,1-2H3,(H,18,19). The van der Waals surface area contributed by atoms with Gasteiger partial charge in [-0.15, -0.1) is 0 Å². The smallest absolute Gasteiger partial charge is 0.335 e. The van der Waals surface area contributed by atoms with Crippen LogP contribution >= 0.6 is 0 Å². The molecule has 0 saturated carbocycles. The van der Waals surface area contributed by atoms with E-state index in [9.17, 15) is 4.79 Å². The fourth-order valence-corrected chi connectivity index (χ4v) is 3.01. The van der Waals surface area contributed by atoms with Gasteiger partial charge in [-0.25, -0.2) is 4.79 Å². The molecular weight excluding hydrogens is 238 g/mol. The van der Waals surface area contributed by atoms with Crippen molar-refractivity contribution < 1.29 is 9.90 Å². The number of benzene rings is 1. The largest absolute Gasteiger partial charge is 0.478 e. The predicted molar refractivity (Wildman–Crippen MR) is 78.0 cm³/mol. The van der Waals surface area contributed by atoms with Gasteiger partial charge in [-0.1, -0.05) is 19.8 Å². The fraction of sp³-hybridized carbons (Fsp3) is 0.562. The molecule has 0 radical (unpaired) electrons. The third kappa shape index (κ3) is 3.28. The average Bonchev–Trinajstić information content (AvgIpc) is 2.40. The van der Waals surface area contributed by atoms with Crippen LogP contribution in [0.1, 0.15) is 48.5 Å². The minimum Gasteiger partial charge on any atom is -0.478 e. The first-order valence-electron chi connectivity index (χ1n) is 7.20. The van der Waals surface area contributed by atoms with Gasteiger partial charge in [-0.3, -0.25) is 0 Å². The monoisotopic (exact) mass is 261 g/mol. The van der Waals surface area contributed by atoms with Crippen molar-refractivity contribution in [2.75, 3.05) is 18.0 Å². The molecule has 0 unspecified atom stereocenters. The number of hydrogen-bond acceptors (Lipinski definition) is 2. The van der Waals surface area contributed by atoms with Crippen molar-refractivity contribution in [1.29, 1.82) is 0 Å². The minimum atomic E-state index is -0.851. The molecule has 3 heteroatoms. The van der Waals surface area contributed by atoms with Crippen molar-refractivity contribution in [3.63, 3.8) is 0 Å². The van der Waals surface area contributed by atoms with Crippen LogP contribution in [-0.2, 0) is 0 Å². The van der Waals surface area contributed by atoms with Crippen LogP contribution in [0.2, 0.25) is 0 Å². The van der Waals surface area contributed by atoms with Crippen LogP contribution in [0, 0.1) is 12.8 Å². The Morgan fingerprint density at radius 3 is 2.58 bits per heavy atom. The van der Waals surface area contributed by atoms with Crippen LogP contribution in [0.4, 0.5) is 5.69 Å². The van der Waals surface area contributed by atoms with Crippen molar-refractivity contribution in [3.8, 4) is 0 Å². The number of aryl methyl sites for hydroxylation is 1. The van der Waals surface area contributed by atoms with E-state index >= 15 is 0 Å². The number of carboxylic acid groups (broad SMARTS) is 1. The van der Waals surface area contributed by atoms with Crippen molar-refractivity contribution in [1.82, 2.24) is 0 Å². The molecule has 1 aromatic rings. The number of aromatic carboxylic acids is 1. The van der Waals surface area contributed by atoms with E-state index < -0.39 is 5.97 Å². The van der Waals surface area contributed by atoms with Crippen molar-refractivity contribution >= 4 is 11.7 Å². The number of rotatable bonds is 4. The normalized spacial score (nSPS) is 16.6. The predicted octanol–water partition coefficient (Wildman–Crippen LogP) is 3.71. The van der Waals surface area contributed by atoms with Crippen molar-refractivity contribution in [2.45, 2.75) is 39.5 Å². The molecule has 0 amide bonds. The molecule has 3 nitrogen and oxygen atoms in total. The molecule has 1 heterocycles. The Bertz CT molecular complexity index is 448. The number of piperidine rings is 1. The summed E-state index contributed by atoms with van der Waals surface area (Å²) < 4.78 is 0. The zero-order chi connectivity index (χ0) is 13.8. The van der Waals surface area contributed by atoms with E-state index in [0.29, 0.717) is 5.56 Å². The van der Waals surface area contributed by atoms with E-state index in [-0.39, 0.29) is 0 Å². The second-order valence-electron chi connectivity index (χ2n) is 5.53. The summed E-state index contributed by atoms with van der Waals surface area (Å²) >= 11 is 0. The number of carboxylic acids is 1. The summed E-state index contributed by atoms with van der Waals surface area (Å²) in [5.41, 5.74) is 2.64. The molecule has 0 spiro atoms.